The van der Waals surface area contributed by atoms with E-state index in [4.69, 9.17) is 27.9 Å². The van der Waals surface area contributed by atoms with E-state index in [0.717, 1.165) is 57.9 Å². The van der Waals surface area contributed by atoms with E-state index in [9.17, 15) is 9.59 Å². The van der Waals surface area contributed by atoms with Crippen molar-refractivity contribution in [1.29, 1.82) is 0 Å². The first-order valence-corrected chi connectivity index (χ1v) is 16.1. The summed E-state index contributed by atoms with van der Waals surface area (Å²) < 4.78 is 6.61. The number of fused-ring (bicyclic) bond motifs is 2. The van der Waals surface area contributed by atoms with Gasteiger partial charge in [0.2, 0.25) is 0 Å². The van der Waals surface area contributed by atoms with Gasteiger partial charge in [0.05, 0.1) is 0 Å². The number of aryl methyl sites for hydroxylation is 1. The third-order valence-corrected chi connectivity index (χ3v) is 9.00. The van der Waals surface area contributed by atoms with Gasteiger partial charge in [0.1, 0.15) is 12.4 Å². The number of halogens is 4. The predicted octanol–water partition coefficient (Wildman–Crippen LogP) is 10.7. The van der Waals surface area contributed by atoms with E-state index in [-0.39, 0.29) is 0 Å². The SMILES string of the molecule is Clc1cccc(OCc2cc(Cl)ccc2Br)c1.O=C1CCC(CBr)c2ccccc21.O=C1CCCc2ccccc21. The van der Waals surface area contributed by atoms with Gasteiger partial charge in [0.15, 0.2) is 11.6 Å². The van der Waals surface area contributed by atoms with Gasteiger partial charge < -0.3 is 4.74 Å². The van der Waals surface area contributed by atoms with E-state index in [1.807, 2.05) is 78.9 Å². The second-order valence-electron chi connectivity index (χ2n) is 9.82. The molecule has 0 N–H and O–H groups in total. The Hall–Kier alpha value is -2.44. The molecule has 1 unspecified atom stereocenters. The molecule has 0 amide bonds. The maximum absolute atomic E-state index is 11.5. The number of rotatable bonds is 4. The monoisotopic (exact) mass is 714 g/mol. The van der Waals surface area contributed by atoms with Gasteiger partial charge >= 0.3 is 0 Å². The Balaban J connectivity index is 0.000000145. The van der Waals surface area contributed by atoms with E-state index in [2.05, 4.69) is 37.9 Å². The highest BCUT2D eigenvalue weighted by molar-refractivity contribution is 9.10. The average Bonchev–Trinajstić information content (AvgIpc) is 2.99. The van der Waals surface area contributed by atoms with Gasteiger partial charge in [-0.15, -0.1) is 0 Å². The molecule has 0 bridgehead atoms. The molecule has 6 rings (SSSR count). The second kappa shape index (κ2) is 15.7. The summed E-state index contributed by atoms with van der Waals surface area (Å²) in [6.45, 7) is 0.446. The molecule has 0 saturated carbocycles. The largest absolute Gasteiger partial charge is 0.489 e. The Morgan fingerprint density at radius 1 is 0.756 bits per heavy atom. The Morgan fingerprint density at radius 3 is 2.22 bits per heavy atom. The first kappa shape index (κ1) is 31.5. The van der Waals surface area contributed by atoms with Gasteiger partial charge in [-0.2, -0.15) is 0 Å². The van der Waals surface area contributed by atoms with E-state index in [0.29, 0.717) is 40.6 Å². The lowest BCUT2D eigenvalue weighted by Gasteiger charge is -2.22. The van der Waals surface area contributed by atoms with Crippen molar-refractivity contribution in [3.05, 3.63) is 133 Å². The summed E-state index contributed by atoms with van der Waals surface area (Å²) in [6, 6.07) is 28.8. The van der Waals surface area contributed by atoms with E-state index < -0.39 is 0 Å². The molecular weight excluding hydrogens is 687 g/mol. The summed E-state index contributed by atoms with van der Waals surface area (Å²) in [5.41, 5.74) is 5.31. The quantitative estimate of drug-likeness (QED) is 0.198. The zero-order valence-corrected chi connectivity index (χ0v) is 27.1. The predicted molar refractivity (Wildman–Crippen MR) is 175 cm³/mol. The number of alkyl halides is 1. The van der Waals surface area contributed by atoms with Crippen LogP contribution in [0, 0.1) is 0 Å². The highest BCUT2D eigenvalue weighted by atomic mass is 79.9. The lowest BCUT2D eigenvalue weighted by Crippen LogP contribution is -2.16. The third kappa shape index (κ3) is 9.02. The van der Waals surface area contributed by atoms with Crippen LogP contribution in [0.3, 0.4) is 0 Å². The highest BCUT2D eigenvalue weighted by Gasteiger charge is 2.23. The molecule has 0 spiro atoms. The molecule has 1 atom stereocenters. The van der Waals surface area contributed by atoms with Crippen LogP contribution in [0.25, 0.3) is 0 Å². The average molecular weight is 717 g/mol. The van der Waals surface area contributed by atoms with Crippen LogP contribution in [0.5, 0.6) is 5.75 Å². The van der Waals surface area contributed by atoms with Crippen LogP contribution in [0.2, 0.25) is 10.0 Å². The van der Waals surface area contributed by atoms with Crippen molar-refractivity contribution < 1.29 is 14.3 Å². The van der Waals surface area contributed by atoms with Crippen molar-refractivity contribution in [1.82, 2.24) is 0 Å². The molecule has 0 radical (unpaired) electrons. The van der Waals surface area contributed by atoms with Crippen molar-refractivity contribution in [3.63, 3.8) is 0 Å². The Morgan fingerprint density at radius 2 is 1.46 bits per heavy atom. The molecule has 0 fully saturated rings. The Bertz CT molecular complexity index is 1510. The van der Waals surface area contributed by atoms with Crippen LogP contribution >= 0.6 is 55.1 Å². The van der Waals surface area contributed by atoms with Crippen molar-refractivity contribution >= 4 is 66.6 Å². The minimum atomic E-state index is 0.299. The Kier molecular flexibility index (Phi) is 12.1. The van der Waals surface area contributed by atoms with Crippen molar-refractivity contribution in [3.8, 4) is 5.75 Å². The molecule has 4 aromatic carbocycles. The second-order valence-corrected chi connectivity index (χ2v) is 12.2. The van der Waals surface area contributed by atoms with Crippen LogP contribution in [0.4, 0.5) is 0 Å². The van der Waals surface area contributed by atoms with E-state index in [1.165, 1.54) is 11.1 Å². The Labute approximate surface area is 268 Å². The lowest BCUT2D eigenvalue weighted by molar-refractivity contribution is 0.0962. The van der Waals surface area contributed by atoms with Gasteiger partial charge in [0.25, 0.3) is 0 Å². The van der Waals surface area contributed by atoms with Gasteiger partial charge in [-0.25, -0.2) is 0 Å². The van der Waals surface area contributed by atoms with Crippen molar-refractivity contribution in [2.45, 2.75) is 44.6 Å². The molecule has 0 heterocycles. The number of Topliss-reactive ketones (excluding diaryl/α,β-unsaturated/α-hetero) is 2. The van der Waals surface area contributed by atoms with Gasteiger partial charge in [-0.05, 0) is 72.7 Å². The molecule has 41 heavy (non-hydrogen) atoms. The summed E-state index contributed by atoms with van der Waals surface area (Å²) in [4.78, 5) is 22.8. The number of hydrogen-bond acceptors (Lipinski definition) is 3. The first-order chi connectivity index (χ1) is 19.9. The molecule has 0 saturated heterocycles. The minimum absolute atomic E-state index is 0.299. The summed E-state index contributed by atoms with van der Waals surface area (Å²) in [7, 11) is 0. The number of carbonyl (C=O) groups is 2. The standard InChI is InChI=1S/C13H9BrCl2O.C11H11BrO.C10H10O/c14-13-5-4-11(16)6-9(13)8-17-12-3-1-2-10(15)7-12;12-7-8-5-6-11(13)10-4-2-1-3-9(8)10;11-10-7-3-5-8-4-1-2-6-9(8)10/h1-7H,8H2;1-4,8H,5-7H2;1-2,4,6H,3,5,7H2. The highest BCUT2D eigenvalue weighted by Crippen LogP contribution is 2.32. The molecule has 7 heteroatoms. The fourth-order valence-electron chi connectivity index (χ4n) is 4.82. The molecule has 2 aliphatic rings. The van der Waals surface area contributed by atoms with E-state index in [1.54, 1.807) is 6.07 Å². The van der Waals surface area contributed by atoms with Crippen LogP contribution in [0.1, 0.15) is 69.0 Å². The molecular formula is C34H30Br2Cl2O3. The van der Waals surface area contributed by atoms with E-state index >= 15 is 0 Å². The lowest BCUT2D eigenvalue weighted by atomic mass is 9.83. The molecule has 0 aliphatic heterocycles. The fourth-order valence-corrected chi connectivity index (χ4v) is 6.23. The number of ether oxygens (including phenoxy) is 1. The normalized spacial score (nSPS) is 15.4. The minimum Gasteiger partial charge on any atom is -0.489 e. The topological polar surface area (TPSA) is 43.4 Å². The van der Waals surface area contributed by atoms with Gasteiger partial charge in [-0.3, -0.25) is 9.59 Å². The molecule has 4 aromatic rings. The van der Waals surface area contributed by atoms with Crippen LogP contribution in [-0.4, -0.2) is 16.9 Å². The van der Waals surface area contributed by atoms with Crippen LogP contribution < -0.4 is 4.74 Å². The zero-order chi connectivity index (χ0) is 29.2. The molecule has 0 aromatic heterocycles. The first-order valence-electron chi connectivity index (χ1n) is 13.5. The van der Waals surface area contributed by atoms with Crippen LogP contribution in [-0.2, 0) is 13.0 Å². The van der Waals surface area contributed by atoms with Crippen molar-refractivity contribution in [2.75, 3.05) is 5.33 Å². The molecule has 212 valence electrons. The number of carbonyl (C=O) groups excluding carboxylic acids is 2. The summed E-state index contributed by atoms with van der Waals surface area (Å²) in [5.74, 6) is 1.87. The summed E-state index contributed by atoms with van der Waals surface area (Å²) >= 11 is 18.7. The number of hydrogen-bond donors (Lipinski definition) is 0. The summed E-state index contributed by atoms with van der Waals surface area (Å²) in [6.07, 6.45) is 4.52. The molecule has 2 aliphatic carbocycles. The summed E-state index contributed by atoms with van der Waals surface area (Å²) in [5, 5.41) is 2.31. The third-order valence-electron chi connectivity index (χ3n) is 6.97. The van der Waals surface area contributed by atoms with Gasteiger partial charge in [0, 0.05) is 49.4 Å². The molecule has 3 nitrogen and oxygen atoms in total. The van der Waals surface area contributed by atoms with Crippen LogP contribution in [0.15, 0.2) is 95.5 Å². The maximum atomic E-state index is 11.5. The fraction of sp³-hybridized carbons (Fsp3) is 0.235. The smallest absolute Gasteiger partial charge is 0.163 e. The van der Waals surface area contributed by atoms with Gasteiger partial charge in [-0.1, -0.05) is 110 Å². The van der Waals surface area contributed by atoms with Crippen molar-refractivity contribution in [2.24, 2.45) is 0 Å². The number of benzene rings is 4. The number of ketones is 2. The zero-order valence-electron chi connectivity index (χ0n) is 22.4. The maximum Gasteiger partial charge on any atom is 0.163 e.